The highest BCUT2D eigenvalue weighted by Crippen LogP contribution is 2.17. The van der Waals surface area contributed by atoms with E-state index in [9.17, 15) is 13.6 Å². The molecule has 5 heteroatoms. The van der Waals surface area contributed by atoms with Gasteiger partial charge in [-0.05, 0) is 30.7 Å². The maximum absolute atomic E-state index is 12.1. The average molecular weight is 277 g/mol. The van der Waals surface area contributed by atoms with Gasteiger partial charge in [0.15, 0.2) is 5.78 Å². The SMILES string of the molecule is Cc1ccc(CC(=O)c2cccc(OC(F)F)c2)nc1. The van der Waals surface area contributed by atoms with Gasteiger partial charge < -0.3 is 4.74 Å². The Balaban J connectivity index is 2.10. The first-order chi connectivity index (χ1) is 9.54. The van der Waals surface area contributed by atoms with Gasteiger partial charge in [-0.15, -0.1) is 0 Å². The molecule has 0 unspecified atom stereocenters. The Morgan fingerprint density at radius 2 is 2.10 bits per heavy atom. The summed E-state index contributed by atoms with van der Waals surface area (Å²) in [6, 6.07) is 9.40. The maximum atomic E-state index is 12.1. The van der Waals surface area contributed by atoms with Crippen molar-refractivity contribution in [1.29, 1.82) is 0 Å². The molecule has 3 nitrogen and oxygen atoms in total. The van der Waals surface area contributed by atoms with Crippen molar-refractivity contribution < 1.29 is 18.3 Å². The second-order valence-electron chi connectivity index (χ2n) is 4.33. The van der Waals surface area contributed by atoms with E-state index in [1.807, 2.05) is 13.0 Å². The van der Waals surface area contributed by atoms with Gasteiger partial charge in [-0.1, -0.05) is 18.2 Å². The molecular weight excluding hydrogens is 264 g/mol. The number of ketones is 1. The largest absolute Gasteiger partial charge is 0.435 e. The van der Waals surface area contributed by atoms with Crippen LogP contribution in [0.3, 0.4) is 0 Å². The third kappa shape index (κ3) is 3.85. The Morgan fingerprint density at radius 1 is 1.30 bits per heavy atom. The lowest BCUT2D eigenvalue weighted by atomic mass is 10.1. The minimum absolute atomic E-state index is 0.0253. The number of nitrogens with zero attached hydrogens (tertiary/aromatic N) is 1. The summed E-state index contributed by atoms with van der Waals surface area (Å²) >= 11 is 0. The van der Waals surface area contributed by atoms with Crippen LogP contribution < -0.4 is 4.74 Å². The van der Waals surface area contributed by atoms with Crippen molar-refractivity contribution in [3.05, 3.63) is 59.4 Å². The summed E-state index contributed by atoms with van der Waals surface area (Å²) in [6.45, 7) is -0.997. The monoisotopic (exact) mass is 277 g/mol. The van der Waals surface area contributed by atoms with Crippen LogP contribution in [0.5, 0.6) is 5.75 Å². The van der Waals surface area contributed by atoms with Crippen molar-refractivity contribution in [1.82, 2.24) is 4.98 Å². The molecule has 104 valence electrons. The minimum Gasteiger partial charge on any atom is -0.435 e. The number of ether oxygens (including phenoxy) is 1. The number of alkyl halides is 2. The topological polar surface area (TPSA) is 39.2 Å². The van der Waals surface area contributed by atoms with E-state index in [1.165, 1.54) is 18.2 Å². The first-order valence-corrected chi connectivity index (χ1v) is 6.04. The zero-order chi connectivity index (χ0) is 14.5. The highest BCUT2D eigenvalue weighted by atomic mass is 19.3. The van der Waals surface area contributed by atoms with Crippen LogP contribution in [0, 0.1) is 6.92 Å². The van der Waals surface area contributed by atoms with Crippen molar-refractivity contribution in [2.45, 2.75) is 20.0 Å². The third-order valence-electron chi connectivity index (χ3n) is 2.70. The molecule has 0 bridgehead atoms. The summed E-state index contributed by atoms with van der Waals surface area (Å²) in [5, 5.41) is 0. The minimum atomic E-state index is -2.90. The van der Waals surface area contributed by atoms with E-state index in [0.29, 0.717) is 11.3 Å². The molecule has 2 aromatic rings. The summed E-state index contributed by atoms with van der Waals surface area (Å²) in [4.78, 5) is 16.2. The molecule has 1 heterocycles. The molecule has 0 saturated heterocycles. The normalized spacial score (nSPS) is 10.6. The fourth-order valence-corrected chi connectivity index (χ4v) is 1.72. The van der Waals surface area contributed by atoms with Crippen LogP contribution in [0.2, 0.25) is 0 Å². The number of hydrogen-bond donors (Lipinski definition) is 0. The second kappa shape index (κ2) is 6.23. The predicted molar refractivity (Wildman–Crippen MR) is 70.1 cm³/mol. The van der Waals surface area contributed by atoms with Gasteiger partial charge >= 0.3 is 6.61 Å². The number of carbonyl (C=O) groups is 1. The highest BCUT2D eigenvalue weighted by Gasteiger charge is 2.10. The number of rotatable bonds is 5. The average Bonchev–Trinajstić information content (AvgIpc) is 2.41. The van der Waals surface area contributed by atoms with Crippen LogP contribution in [-0.2, 0) is 6.42 Å². The van der Waals surface area contributed by atoms with Gasteiger partial charge in [0.2, 0.25) is 0 Å². The van der Waals surface area contributed by atoms with Gasteiger partial charge in [0.1, 0.15) is 5.75 Å². The molecular formula is C15H13F2NO2. The number of Topliss-reactive ketones (excluding diaryl/α,β-unsaturated/α-hetero) is 1. The van der Waals surface area contributed by atoms with E-state index in [4.69, 9.17) is 0 Å². The fourth-order valence-electron chi connectivity index (χ4n) is 1.72. The highest BCUT2D eigenvalue weighted by molar-refractivity contribution is 5.97. The second-order valence-corrected chi connectivity index (χ2v) is 4.33. The number of carbonyl (C=O) groups excluding carboxylic acids is 1. The van der Waals surface area contributed by atoms with E-state index in [0.717, 1.165) is 5.56 Å². The van der Waals surface area contributed by atoms with Crippen LogP contribution in [0.4, 0.5) is 8.78 Å². The summed E-state index contributed by atoms with van der Waals surface area (Å²) in [5.41, 5.74) is 1.97. The number of aryl methyl sites for hydroxylation is 1. The van der Waals surface area contributed by atoms with Crippen molar-refractivity contribution in [2.24, 2.45) is 0 Å². The van der Waals surface area contributed by atoms with Crippen molar-refractivity contribution in [3.63, 3.8) is 0 Å². The molecule has 0 fully saturated rings. The molecule has 0 aliphatic carbocycles. The molecule has 0 N–H and O–H groups in total. The third-order valence-corrected chi connectivity index (χ3v) is 2.70. The van der Waals surface area contributed by atoms with Crippen molar-refractivity contribution in [2.75, 3.05) is 0 Å². The van der Waals surface area contributed by atoms with Gasteiger partial charge in [-0.25, -0.2) is 0 Å². The van der Waals surface area contributed by atoms with Gasteiger partial charge in [0.25, 0.3) is 0 Å². The molecule has 0 spiro atoms. The zero-order valence-electron chi connectivity index (χ0n) is 10.8. The first kappa shape index (κ1) is 14.1. The summed E-state index contributed by atoms with van der Waals surface area (Å²) in [6.07, 6.45) is 1.80. The van der Waals surface area contributed by atoms with Crippen LogP contribution in [-0.4, -0.2) is 17.4 Å². The van der Waals surface area contributed by atoms with Crippen LogP contribution >= 0.6 is 0 Å². The number of aromatic nitrogens is 1. The van der Waals surface area contributed by atoms with E-state index >= 15 is 0 Å². The molecule has 2 rings (SSSR count). The lowest BCUT2D eigenvalue weighted by Crippen LogP contribution is -2.07. The smallest absolute Gasteiger partial charge is 0.387 e. The summed E-state index contributed by atoms with van der Waals surface area (Å²) in [7, 11) is 0. The Kier molecular flexibility index (Phi) is 4.40. The molecule has 0 radical (unpaired) electrons. The molecule has 0 aliphatic heterocycles. The molecule has 1 aromatic heterocycles. The van der Waals surface area contributed by atoms with E-state index < -0.39 is 6.61 Å². The Labute approximate surface area is 115 Å². The molecule has 20 heavy (non-hydrogen) atoms. The summed E-state index contributed by atoms with van der Waals surface area (Å²) in [5.74, 6) is -0.219. The van der Waals surface area contributed by atoms with Crippen molar-refractivity contribution >= 4 is 5.78 Å². The summed E-state index contributed by atoms with van der Waals surface area (Å²) < 4.78 is 28.5. The van der Waals surface area contributed by atoms with Crippen LogP contribution in [0.15, 0.2) is 42.6 Å². The Hall–Kier alpha value is -2.30. The zero-order valence-corrected chi connectivity index (χ0v) is 10.8. The molecule has 0 atom stereocenters. The number of benzene rings is 1. The molecule has 0 saturated carbocycles. The van der Waals surface area contributed by atoms with Gasteiger partial charge in [0.05, 0.1) is 6.42 Å². The lowest BCUT2D eigenvalue weighted by Gasteiger charge is -2.06. The van der Waals surface area contributed by atoms with E-state index in [1.54, 1.807) is 18.3 Å². The van der Waals surface area contributed by atoms with Crippen LogP contribution in [0.25, 0.3) is 0 Å². The quantitative estimate of drug-likeness (QED) is 0.786. The number of pyridine rings is 1. The Morgan fingerprint density at radius 3 is 2.75 bits per heavy atom. The molecule has 0 amide bonds. The van der Waals surface area contributed by atoms with Gasteiger partial charge in [-0.2, -0.15) is 8.78 Å². The molecule has 0 aliphatic rings. The van der Waals surface area contributed by atoms with Crippen LogP contribution in [0.1, 0.15) is 21.6 Å². The molecule has 1 aromatic carbocycles. The van der Waals surface area contributed by atoms with E-state index in [-0.39, 0.29) is 18.0 Å². The predicted octanol–water partition coefficient (Wildman–Crippen LogP) is 3.42. The van der Waals surface area contributed by atoms with E-state index in [2.05, 4.69) is 9.72 Å². The fraction of sp³-hybridized carbons (Fsp3) is 0.200. The number of hydrogen-bond acceptors (Lipinski definition) is 3. The lowest BCUT2D eigenvalue weighted by molar-refractivity contribution is -0.0498. The number of halogens is 2. The van der Waals surface area contributed by atoms with Crippen molar-refractivity contribution in [3.8, 4) is 5.75 Å². The maximum Gasteiger partial charge on any atom is 0.387 e. The standard InChI is InChI=1S/C15H13F2NO2/c1-10-5-6-12(18-9-10)8-14(19)11-3-2-4-13(7-11)20-15(16)17/h2-7,9,15H,8H2,1H3. The van der Waals surface area contributed by atoms with Gasteiger partial charge in [0, 0.05) is 17.5 Å². The first-order valence-electron chi connectivity index (χ1n) is 6.04. The van der Waals surface area contributed by atoms with Gasteiger partial charge in [-0.3, -0.25) is 9.78 Å². The Bertz CT molecular complexity index is 597.